The Morgan fingerprint density at radius 2 is 2.06 bits per heavy atom. The lowest BCUT2D eigenvalue weighted by Crippen LogP contribution is -1.98. The number of hydrogen-bond acceptors (Lipinski definition) is 4. The van der Waals surface area contributed by atoms with Gasteiger partial charge < -0.3 is 5.32 Å². The van der Waals surface area contributed by atoms with Crippen molar-refractivity contribution in [1.29, 1.82) is 0 Å². The number of rotatable bonds is 4. The van der Waals surface area contributed by atoms with Gasteiger partial charge in [-0.2, -0.15) is 4.37 Å². The first-order valence-electron chi connectivity index (χ1n) is 5.09. The van der Waals surface area contributed by atoms with E-state index in [1.807, 2.05) is 12.1 Å². The maximum Gasteiger partial charge on any atom is 0.202 e. The van der Waals surface area contributed by atoms with Gasteiger partial charge in [0.15, 0.2) is 0 Å². The van der Waals surface area contributed by atoms with Gasteiger partial charge in [-0.05, 0) is 17.7 Å². The second kappa shape index (κ2) is 5.41. The molecule has 0 saturated heterocycles. The van der Waals surface area contributed by atoms with Gasteiger partial charge in [0.1, 0.15) is 5.82 Å². The minimum atomic E-state index is 0.783. The quantitative estimate of drug-likeness (QED) is 0.939. The van der Waals surface area contributed by atoms with Crippen molar-refractivity contribution in [2.45, 2.75) is 19.9 Å². The number of nitrogens with one attached hydrogen (secondary N) is 1. The van der Waals surface area contributed by atoms with Crippen LogP contribution >= 0.6 is 27.5 Å². The van der Waals surface area contributed by atoms with E-state index in [0.29, 0.717) is 0 Å². The first-order valence-corrected chi connectivity index (χ1v) is 6.65. The van der Waals surface area contributed by atoms with Crippen molar-refractivity contribution < 1.29 is 0 Å². The number of halogens is 1. The second-order valence-corrected chi connectivity index (χ2v) is 5.02. The summed E-state index contributed by atoms with van der Waals surface area (Å²) in [5.41, 5.74) is 1.23. The molecular weight excluding hydrogens is 286 g/mol. The summed E-state index contributed by atoms with van der Waals surface area (Å²) in [4.78, 5) is 4.35. The van der Waals surface area contributed by atoms with Gasteiger partial charge in [-0.3, -0.25) is 0 Å². The average Bonchev–Trinajstić information content (AvgIpc) is 2.76. The third-order valence-electron chi connectivity index (χ3n) is 2.14. The molecule has 0 unspecified atom stereocenters. The van der Waals surface area contributed by atoms with E-state index < -0.39 is 0 Å². The summed E-state index contributed by atoms with van der Waals surface area (Å²) in [6, 6.07) is 8.24. The Kier molecular flexibility index (Phi) is 3.90. The Bertz CT molecular complexity index is 453. The van der Waals surface area contributed by atoms with Crippen molar-refractivity contribution in [1.82, 2.24) is 9.36 Å². The Balaban J connectivity index is 1.94. The minimum Gasteiger partial charge on any atom is -0.356 e. The predicted octanol–water partition coefficient (Wildman–Crippen LogP) is 3.48. The van der Waals surface area contributed by atoms with Crippen molar-refractivity contribution in [2.24, 2.45) is 0 Å². The highest BCUT2D eigenvalue weighted by Gasteiger charge is 2.01. The third kappa shape index (κ3) is 3.02. The molecule has 2 aromatic rings. The highest BCUT2D eigenvalue weighted by molar-refractivity contribution is 9.10. The summed E-state index contributed by atoms with van der Waals surface area (Å²) in [5, 5.41) is 4.15. The lowest BCUT2D eigenvalue weighted by Gasteiger charge is -2.02. The molecule has 1 N–H and O–H groups in total. The topological polar surface area (TPSA) is 37.8 Å². The zero-order valence-corrected chi connectivity index (χ0v) is 11.3. The SMILES string of the molecule is CCc1nsc(NCc2ccc(Br)cc2)n1. The predicted molar refractivity (Wildman–Crippen MR) is 70.8 cm³/mol. The van der Waals surface area contributed by atoms with Gasteiger partial charge in [0.2, 0.25) is 5.13 Å². The average molecular weight is 298 g/mol. The minimum absolute atomic E-state index is 0.783. The van der Waals surface area contributed by atoms with E-state index in [2.05, 4.69) is 49.7 Å². The van der Waals surface area contributed by atoms with Crippen molar-refractivity contribution in [2.75, 3.05) is 5.32 Å². The summed E-state index contributed by atoms with van der Waals surface area (Å²) in [6.45, 7) is 2.84. The van der Waals surface area contributed by atoms with Crippen LogP contribution in [-0.4, -0.2) is 9.36 Å². The van der Waals surface area contributed by atoms with Gasteiger partial charge in [0.05, 0.1) is 0 Å². The fraction of sp³-hybridized carbons (Fsp3) is 0.273. The Hall–Kier alpha value is -0.940. The van der Waals surface area contributed by atoms with Crippen LogP contribution in [0.5, 0.6) is 0 Å². The van der Waals surface area contributed by atoms with E-state index in [-0.39, 0.29) is 0 Å². The molecule has 0 saturated carbocycles. The number of nitrogens with zero attached hydrogens (tertiary/aromatic N) is 2. The van der Waals surface area contributed by atoms with Gasteiger partial charge in [-0.1, -0.05) is 35.0 Å². The van der Waals surface area contributed by atoms with Crippen molar-refractivity contribution in [3.63, 3.8) is 0 Å². The molecule has 2 rings (SSSR count). The van der Waals surface area contributed by atoms with Gasteiger partial charge in [-0.15, -0.1) is 0 Å². The fourth-order valence-corrected chi connectivity index (χ4v) is 2.16. The van der Waals surface area contributed by atoms with Gasteiger partial charge >= 0.3 is 0 Å². The summed E-state index contributed by atoms with van der Waals surface area (Å²) in [6.07, 6.45) is 0.885. The van der Waals surface area contributed by atoms with Crippen LogP contribution in [-0.2, 0) is 13.0 Å². The molecule has 0 aliphatic rings. The number of anilines is 1. The normalized spacial score (nSPS) is 10.4. The maximum atomic E-state index is 4.35. The lowest BCUT2D eigenvalue weighted by molar-refractivity contribution is 0.993. The smallest absolute Gasteiger partial charge is 0.202 e. The highest BCUT2D eigenvalue weighted by atomic mass is 79.9. The summed E-state index contributed by atoms with van der Waals surface area (Å²) >= 11 is 4.83. The van der Waals surface area contributed by atoms with Gasteiger partial charge in [-0.25, -0.2) is 4.98 Å². The summed E-state index contributed by atoms with van der Waals surface area (Å²) in [7, 11) is 0. The molecule has 0 bridgehead atoms. The number of aromatic nitrogens is 2. The van der Waals surface area contributed by atoms with E-state index in [1.165, 1.54) is 17.1 Å². The molecule has 3 nitrogen and oxygen atoms in total. The maximum absolute atomic E-state index is 4.35. The van der Waals surface area contributed by atoms with Gasteiger partial charge in [0.25, 0.3) is 0 Å². The van der Waals surface area contributed by atoms with E-state index in [1.54, 1.807) is 0 Å². The molecule has 16 heavy (non-hydrogen) atoms. The van der Waals surface area contributed by atoms with E-state index >= 15 is 0 Å². The molecule has 0 radical (unpaired) electrons. The molecule has 0 fully saturated rings. The van der Waals surface area contributed by atoms with Gasteiger partial charge in [0, 0.05) is 29.0 Å². The molecule has 0 amide bonds. The largest absolute Gasteiger partial charge is 0.356 e. The molecular formula is C11H12BrN3S. The zero-order valence-electron chi connectivity index (χ0n) is 8.90. The molecule has 0 aliphatic heterocycles. The van der Waals surface area contributed by atoms with Crippen LogP contribution in [0.3, 0.4) is 0 Å². The second-order valence-electron chi connectivity index (χ2n) is 3.35. The molecule has 0 spiro atoms. The molecule has 84 valence electrons. The third-order valence-corrected chi connectivity index (χ3v) is 3.38. The van der Waals surface area contributed by atoms with Crippen LogP contribution in [0.15, 0.2) is 28.7 Å². The monoisotopic (exact) mass is 297 g/mol. The lowest BCUT2D eigenvalue weighted by atomic mass is 10.2. The zero-order chi connectivity index (χ0) is 11.4. The Morgan fingerprint density at radius 1 is 1.31 bits per heavy atom. The molecule has 5 heteroatoms. The number of aryl methyl sites for hydroxylation is 1. The van der Waals surface area contributed by atoms with Crippen LogP contribution in [0.1, 0.15) is 18.3 Å². The van der Waals surface area contributed by atoms with Crippen molar-refractivity contribution >= 4 is 32.6 Å². The molecule has 1 aromatic carbocycles. The van der Waals surface area contributed by atoms with E-state index in [0.717, 1.165) is 28.4 Å². The van der Waals surface area contributed by atoms with Crippen LogP contribution in [0.25, 0.3) is 0 Å². The van der Waals surface area contributed by atoms with Crippen LogP contribution in [0.2, 0.25) is 0 Å². The van der Waals surface area contributed by atoms with Crippen LogP contribution in [0.4, 0.5) is 5.13 Å². The summed E-state index contributed by atoms with van der Waals surface area (Å²) in [5.74, 6) is 0.906. The summed E-state index contributed by atoms with van der Waals surface area (Å²) < 4.78 is 5.32. The number of hydrogen-bond donors (Lipinski definition) is 1. The standard InChI is InChI=1S/C11H12BrN3S/c1-2-10-14-11(16-15-10)13-7-8-3-5-9(12)6-4-8/h3-6H,2,7H2,1H3,(H,13,14,15). The van der Waals surface area contributed by atoms with Crippen LogP contribution in [0, 0.1) is 0 Å². The van der Waals surface area contributed by atoms with Crippen molar-refractivity contribution in [3.8, 4) is 0 Å². The molecule has 0 aliphatic carbocycles. The molecule has 0 atom stereocenters. The first kappa shape index (κ1) is 11.5. The fourth-order valence-electron chi connectivity index (χ4n) is 1.25. The number of benzene rings is 1. The van der Waals surface area contributed by atoms with Crippen LogP contribution < -0.4 is 5.32 Å². The van der Waals surface area contributed by atoms with E-state index in [4.69, 9.17) is 0 Å². The first-order chi connectivity index (χ1) is 7.78. The highest BCUT2D eigenvalue weighted by Crippen LogP contribution is 2.14. The molecule has 1 heterocycles. The Morgan fingerprint density at radius 3 is 2.69 bits per heavy atom. The Labute approximate surface area is 107 Å². The molecule has 1 aromatic heterocycles. The van der Waals surface area contributed by atoms with Crippen molar-refractivity contribution in [3.05, 3.63) is 40.1 Å². The van der Waals surface area contributed by atoms with E-state index in [9.17, 15) is 0 Å².